The number of rotatable bonds is 5. The van der Waals surface area contributed by atoms with Crippen LogP contribution in [0.2, 0.25) is 0 Å². The summed E-state index contributed by atoms with van der Waals surface area (Å²) < 4.78 is 4.89. The van der Waals surface area contributed by atoms with Crippen LogP contribution in [0.15, 0.2) is 36.4 Å². The van der Waals surface area contributed by atoms with Crippen LogP contribution in [0.5, 0.6) is 0 Å². The van der Waals surface area contributed by atoms with E-state index in [2.05, 4.69) is 9.78 Å². The van der Waals surface area contributed by atoms with Crippen LogP contribution in [0.25, 0.3) is 6.08 Å². The summed E-state index contributed by atoms with van der Waals surface area (Å²) >= 11 is 0. The number of hydrogen-bond donors (Lipinski definition) is 0. The highest BCUT2D eigenvalue weighted by molar-refractivity contribution is 5.86. The van der Waals surface area contributed by atoms with Crippen molar-refractivity contribution in [2.75, 3.05) is 13.2 Å². The van der Waals surface area contributed by atoms with Crippen molar-refractivity contribution in [2.24, 2.45) is 0 Å². The predicted molar refractivity (Wildman–Crippen MR) is 57.3 cm³/mol. The van der Waals surface area contributed by atoms with Gasteiger partial charge in [0.15, 0.2) is 0 Å². The van der Waals surface area contributed by atoms with Gasteiger partial charge in [0.1, 0.15) is 12.7 Å². The fraction of sp³-hybridized carbons (Fsp3) is 0.250. The van der Waals surface area contributed by atoms with Crippen molar-refractivity contribution in [3.63, 3.8) is 0 Å². The molecule has 84 valence electrons. The van der Waals surface area contributed by atoms with Gasteiger partial charge in [0.25, 0.3) is 0 Å². The Morgan fingerprint density at radius 3 is 2.88 bits per heavy atom. The van der Waals surface area contributed by atoms with Crippen LogP contribution < -0.4 is 0 Å². The van der Waals surface area contributed by atoms with Crippen molar-refractivity contribution in [3.8, 4) is 0 Å². The van der Waals surface area contributed by atoms with E-state index in [0.29, 0.717) is 13.2 Å². The average Bonchev–Trinajstić information content (AvgIpc) is 3.12. The third-order valence-electron chi connectivity index (χ3n) is 2.01. The van der Waals surface area contributed by atoms with Crippen LogP contribution in [0.3, 0.4) is 0 Å². The van der Waals surface area contributed by atoms with Gasteiger partial charge in [-0.3, -0.25) is 4.89 Å². The van der Waals surface area contributed by atoms with Crippen LogP contribution in [-0.4, -0.2) is 25.3 Å². The van der Waals surface area contributed by atoms with E-state index >= 15 is 0 Å². The van der Waals surface area contributed by atoms with Crippen molar-refractivity contribution in [1.29, 1.82) is 0 Å². The number of ether oxygens (including phenoxy) is 1. The summed E-state index contributed by atoms with van der Waals surface area (Å²) in [6.45, 7) is 0.975. The molecule has 0 aliphatic carbocycles. The molecule has 1 fully saturated rings. The fourth-order valence-electron chi connectivity index (χ4n) is 1.09. The minimum atomic E-state index is -0.524. The lowest BCUT2D eigenvalue weighted by Gasteiger charge is -1.97. The van der Waals surface area contributed by atoms with Crippen molar-refractivity contribution in [2.45, 2.75) is 6.10 Å². The first-order chi connectivity index (χ1) is 7.84. The SMILES string of the molecule is O=C(/C=C/c1ccccc1)OOCC1CO1. The molecule has 1 aliphatic heterocycles. The summed E-state index contributed by atoms with van der Waals surface area (Å²) in [6.07, 6.45) is 3.08. The van der Waals surface area contributed by atoms with Gasteiger partial charge in [-0.05, 0) is 11.6 Å². The standard InChI is InChI=1S/C12H12O4/c13-12(16-15-9-11-8-14-11)7-6-10-4-2-1-3-5-10/h1-7,11H,8-9H2/b7-6+. The first kappa shape index (κ1) is 10.9. The smallest absolute Gasteiger partial charge is 0.365 e. The van der Waals surface area contributed by atoms with Gasteiger partial charge in [-0.25, -0.2) is 4.79 Å². The molecule has 1 aromatic rings. The molecule has 0 N–H and O–H groups in total. The molecule has 1 unspecified atom stereocenters. The van der Waals surface area contributed by atoms with Crippen LogP contribution in [0, 0.1) is 0 Å². The average molecular weight is 220 g/mol. The number of epoxide rings is 1. The third-order valence-corrected chi connectivity index (χ3v) is 2.01. The highest BCUT2D eigenvalue weighted by Crippen LogP contribution is 2.08. The van der Waals surface area contributed by atoms with Crippen LogP contribution in [0.4, 0.5) is 0 Å². The topological polar surface area (TPSA) is 48.1 Å². The Bertz CT molecular complexity index is 368. The number of benzene rings is 1. The molecule has 0 saturated carbocycles. The zero-order valence-corrected chi connectivity index (χ0v) is 8.67. The highest BCUT2D eigenvalue weighted by Gasteiger charge is 2.23. The Morgan fingerprint density at radius 2 is 2.19 bits per heavy atom. The summed E-state index contributed by atoms with van der Waals surface area (Å²) in [5, 5.41) is 0. The molecule has 0 aromatic heterocycles. The highest BCUT2D eigenvalue weighted by atomic mass is 17.2. The second-order valence-corrected chi connectivity index (χ2v) is 3.39. The van der Waals surface area contributed by atoms with Crippen molar-refractivity contribution >= 4 is 12.0 Å². The van der Waals surface area contributed by atoms with E-state index in [1.165, 1.54) is 6.08 Å². The molecule has 4 heteroatoms. The minimum Gasteiger partial charge on any atom is -0.370 e. The Labute approximate surface area is 93.4 Å². The molecule has 1 saturated heterocycles. The summed E-state index contributed by atoms with van der Waals surface area (Å²) in [5.41, 5.74) is 0.935. The summed E-state index contributed by atoms with van der Waals surface area (Å²) in [6, 6.07) is 9.48. The fourth-order valence-corrected chi connectivity index (χ4v) is 1.09. The molecule has 0 amide bonds. The number of carbonyl (C=O) groups excluding carboxylic acids is 1. The summed E-state index contributed by atoms with van der Waals surface area (Å²) in [5.74, 6) is -0.524. The summed E-state index contributed by atoms with van der Waals surface area (Å²) in [7, 11) is 0. The van der Waals surface area contributed by atoms with Crippen molar-refractivity contribution in [1.82, 2.24) is 0 Å². The molecule has 0 radical (unpaired) electrons. The molecular weight excluding hydrogens is 208 g/mol. The van der Waals surface area contributed by atoms with Gasteiger partial charge in [0, 0.05) is 6.08 Å². The first-order valence-electron chi connectivity index (χ1n) is 5.03. The monoisotopic (exact) mass is 220 g/mol. The normalized spacial score (nSPS) is 18.6. The lowest BCUT2D eigenvalue weighted by molar-refractivity contribution is -0.268. The molecule has 1 aromatic carbocycles. The molecule has 16 heavy (non-hydrogen) atoms. The first-order valence-corrected chi connectivity index (χ1v) is 5.03. The van der Waals surface area contributed by atoms with Crippen LogP contribution >= 0.6 is 0 Å². The Morgan fingerprint density at radius 1 is 1.44 bits per heavy atom. The zero-order chi connectivity index (χ0) is 11.2. The summed E-state index contributed by atoms with van der Waals surface area (Å²) in [4.78, 5) is 20.3. The molecule has 0 bridgehead atoms. The third kappa shape index (κ3) is 3.84. The lowest BCUT2D eigenvalue weighted by atomic mass is 10.2. The molecule has 1 heterocycles. The largest absolute Gasteiger partial charge is 0.370 e. The second kappa shape index (κ2) is 5.44. The van der Waals surface area contributed by atoms with E-state index in [-0.39, 0.29) is 6.10 Å². The zero-order valence-electron chi connectivity index (χ0n) is 8.67. The van der Waals surface area contributed by atoms with E-state index in [9.17, 15) is 4.79 Å². The van der Waals surface area contributed by atoms with E-state index < -0.39 is 5.97 Å². The quantitative estimate of drug-likeness (QED) is 0.327. The second-order valence-electron chi connectivity index (χ2n) is 3.39. The van der Waals surface area contributed by atoms with E-state index in [0.717, 1.165) is 5.56 Å². The number of carbonyl (C=O) groups is 1. The van der Waals surface area contributed by atoms with Gasteiger partial charge in [0.05, 0.1) is 6.61 Å². The van der Waals surface area contributed by atoms with Crippen molar-refractivity contribution in [3.05, 3.63) is 42.0 Å². The molecule has 4 nitrogen and oxygen atoms in total. The van der Waals surface area contributed by atoms with E-state index in [1.807, 2.05) is 30.3 Å². The van der Waals surface area contributed by atoms with E-state index in [4.69, 9.17) is 4.74 Å². The number of hydrogen-bond acceptors (Lipinski definition) is 4. The molecule has 1 atom stereocenters. The van der Waals surface area contributed by atoms with E-state index in [1.54, 1.807) is 6.08 Å². The molecule has 2 rings (SSSR count). The van der Waals surface area contributed by atoms with Crippen molar-refractivity contribution < 1.29 is 19.3 Å². The lowest BCUT2D eigenvalue weighted by Crippen LogP contribution is -2.06. The van der Waals surface area contributed by atoms with Gasteiger partial charge in [-0.15, -0.1) is 0 Å². The molecular formula is C12H12O4. The van der Waals surface area contributed by atoms with Gasteiger partial charge in [0.2, 0.25) is 0 Å². The van der Waals surface area contributed by atoms with Gasteiger partial charge >= 0.3 is 5.97 Å². The van der Waals surface area contributed by atoms with Gasteiger partial charge in [-0.1, -0.05) is 30.3 Å². The van der Waals surface area contributed by atoms with Crippen LogP contribution in [-0.2, 0) is 19.3 Å². The maximum Gasteiger partial charge on any atom is 0.365 e. The van der Waals surface area contributed by atoms with Gasteiger partial charge in [-0.2, -0.15) is 4.89 Å². The Hall–Kier alpha value is -1.65. The molecule has 0 spiro atoms. The van der Waals surface area contributed by atoms with Gasteiger partial charge < -0.3 is 4.74 Å². The predicted octanol–water partition coefficient (Wildman–Crippen LogP) is 1.57. The maximum absolute atomic E-state index is 11.1. The van der Waals surface area contributed by atoms with Crippen LogP contribution in [0.1, 0.15) is 5.56 Å². The Balaban J connectivity index is 1.71. The minimum absolute atomic E-state index is 0.0888. The maximum atomic E-state index is 11.1. The molecule has 1 aliphatic rings. The Kier molecular flexibility index (Phi) is 3.69.